The van der Waals surface area contributed by atoms with Crippen LogP contribution >= 0.6 is 11.6 Å². The number of hydrogen-bond donors (Lipinski definition) is 0. The summed E-state index contributed by atoms with van der Waals surface area (Å²) in [5, 5.41) is 0.751. The summed E-state index contributed by atoms with van der Waals surface area (Å²) in [7, 11) is 0. The lowest BCUT2D eigenvalue weighted by molar-refractivity contribution is 0.0975. The van der Waals surface area contributed by atoms with Gasteiger partial charge in [-0.2, -0.15) is 0 Å². The highest BCUT2D eigenvalue weighted by molar-refractivity contribution is 6.30. The molecule has 5 rings (SSSR count). The fraction of sp³-hybridized carbons (Fsp3) is 0.296. The number of anilines is 1. The second-order valence-electron chi connectivity index (χ2n) is 9.11. The fourth-order valence-corrected chi connectivity index (χ4v) is 5.35. The molecule has 0 bridgehead atoms. The molecule has 3 aromatic rings. The molecule has 3 nitrogen and oxygen atoms in total. The standard InChI is InChI=1S/C27H26ClFN2O/c1-19-5-7-21(8-6-19)26(32)31-18-27(24-16-23(29)9-10-25(24)31)11-13-30(14-12-27)17-20-3-2-4-22(28)15-20/h2-10,15-16H,11-14,17-18H2,1H3. The van der Waals surface area contributed by atoms with Crippen molar-refractivity contribution in [3.63, 3.8) is 0 Å². The third-order valence-electron chi connectivity index (χ3n) is 6.93. The lowest BCUT2D eigenvalue weighted by Crippen LogP contribution is -2.45. The van der Waals surface area contributed by atoms with E-state index in [1.54, 1.807) is 12.1 Å². The Balaban J connectivity index is 1.38. The number of benzene rings is 3. The highest BCUT2D eigenvalue weighted by atomic mass is 35.5. The van der Waals surface area contributed by atoms with Gasteiger partial charge >= 0.3 is 0 Å². The van der Waals surface area contributed by atoms with Gasteiger partial charge < -0.3 is 4.90 Å². The molecule has 0 unspecified atom stereocenters. The molecule has 1 saturated heterocycles. The number of fused-ring (bicyclic) bond motifs is 2. The van der Waals surface area contributed by atoms with E-state index in [0.29, 0.717) is 12.1 Å². The summed E-state index contributed by atoms with van der Waals surface area (Å²) in [4.78, 5) is 17.6. The van der Waals surface area contributed by atoms with Gasteiger partial charge in [0.2, 0.25) is 0 Å². The first-order valence-corrected chi connectivity index (χ1v) is 11.5. The lowest BCUT2D eigenvalue weighted by atomic mass is 9.74. The molecule has 0 N–H and O–H groups in total. The van der Waals surface area contributed by atoms with Crippen LogP contribution in [0.25, 0.3) is 0 Å². The van der Waals surface area contributed by atoms with Crippen LogP contribution in [0.2, 0.25) is 5.02 Å². The summed E-state index contributed by atoms with van der Waals surface area (Å²) in [6, 6.07) is 20.5. The van der Waals surface area contributed by atoms with Crippen LogP contribution in [-0.2, 0) is 12.0 Å². The largest absolute Gasteiger partial charge is 0.307 e. The zero-order valence-electron chi connectivity index (χ0n) is 18.2. The molecule has 0 atom stereocenters. The molecule has 2 heterocycles. The maximum atomic E-state index is 14.3. The van der Waals surface area contributed by atoms with Crippen molar-refractivity contribution in [3.8, 4) is 0 Å². The molecular formula is C27H26ClFN2O. The topological polar surface area (TPSA) is 23.6 Å². The first kappa shape index (κ1) is 21.2. The summed E-state index contributed by atoms with van der Waals surface area (Å²) in [6.45, 7) is 5.25. The number of likely N-dealkylation sites (tertiary alicyclic amines) is 1. The van der Waals surface area contributed by atoms with Gasteiger partial charge in [0, 0.05) is 34.8 Å². The maximum Gasteiger partial charge on any atom is 0.258 e. The van der Waals surface area contributed by atoms with E-state index in [4.69, 9.17) is 11.6 Å². The minimum Gasteiger partial charge on any atom is -0.307 e. The molecule has 0 radical (unpaired) electrons. The van der Waals surface area contributed by atoms with Crippen molar-refractivity contribution in [1.82, 2.24) is 4.90 Å². The second-order valence-corrected chi connectivity index (χ2v) is 9.54. The smallest absolute Gasteiger partial charge is 0.258 e. The summed E-state index contributed by atoms with van der Waals surface area (Å²) >= 11 is 6.15. The van der Waals surface area contributed by atoms with E-state index in [0.717, 1.165) is 54.3 Å². The fourth-order valence-electron chi connectivity index (χ4n) is 5.13. The average Bonchev–Trinajstić information content (AvgIpc) is 3.09. The van der Waals surface area contributed by atoms with E-state index in [-0.39, 0.29) is 17.1 Å². The molecule has 0 aliphatic carbocycles. The van der Waals surface area contributed by atoms with E-state index < -0.39 is 0 Å². The Kier molecular flexibility index (Phi) is 5.52. The number of carbonyl (C=O) groups is 1. The molecular weight excluding hydrogens is 423 g/mol. The van der Waals surface area contributed by atoms with Crippen LogP contribution in [-0.4, -0.2) is 30.4 Å². The SMILES string of the molecule is Cc1ccc(C(=O)N2CC3(CCN(Cc4cccc(Cl)c4)CC3)c3cc(F)ccc32)cc1. The predicted molar refractivity (Wildman–Crippen MR) is 127 cm³/mol. The van der Waals surface area contributed by atoms with E-state index in [9.17, 15) is 9.18 Å². The Labute approximate surface area is 193 Å². The molecule has 1 amide bonds. The molecule has 2 aliphatic rings. The van der Waals surface area contributed by atoms with Gasteiger partial charge in [-0.05, 0) is 86.4 Å². The summed E-state index contributed by atoms with van der Waals surface area (Å²) in [5.41, 5.74) is 4.60. The van der Waals surface area contributed by atoms with Crippen molar-refractivity contribution in [2.24, 2.45) is 0 Å². The summed E-state index contributed by atoms with van der Waals surface area (Å²) < 4.78 is 14.3. The maximum absolute atomic E-state index is 14.3. The van der Waals surface area contributed by atoms with Gasteiger partial charge in [0.05, 0.1) is 0 Å². The number of halogens is 2. The Bertz CT molecular complexity index is 1150. The van der Waals surface area contributed by atoms with Gasteiger partial charge in [-0.3, -0.25) is 9.69 Å². The molecule has 164 valence electrons. The second kappa shape index (κ2) is 8.34. The predicted octanol–water partition coefficient (Wildman–Crippen LogP) is 5.98. The number of carbonyl (C=O) groups excluding carboxylic acids is 1. The van der Waals surface area contributed by atoms with E-state index in [1.807, 2.05) is 54.3 Å². The van der Waals surface area contributed by atoms with Gasteiger partial charge in [-0.1, -0.05) is 41.4 Å². The van der Waals surface area contributed by atoms with Gasteiger partial charge in [0.1, 0.15) is 5.82 Å². The summed E-state index contributed by atoms with van der Waals surface area (Å²) in [6.07, 6.45) is 1.78. The van der Waals surface area contributed by atoms with Crippen molar-refractivity contribution in [2.45, 2.75) is 31.7 Å². The van der Waals surface area contributed by atoms with Gasteiger partial charge in [0.15, 0.2) is 0 Å². The Morgan fingerprint density at radius 1 is 1.03 bits per heavy atom. The third-order valence-corrected chi connectivity index (χ3v) is 7.17. The lowest BCUT2D eigenvalue weighted by Gasteiger charge is -2.40. The van der Waals surface area contributed by atoms with Crippen molar-refractivity contribution in [2.75, 3.05) is 24.5 Å². The first-order valence-electron chi connectivity index (χ1n) is 11.1. The van der Waals surface area contributed by atoms with Crippen molar-refractivity contribution in [3.05, 3.63) is 99.8 Å². The number of amides is 1. The number of hydrogen-bond acceptors (Lipinski definition) is 2. The molecule has 1 spiro atoms. The van der Waals surface area contributed by atoms with Crippen LogP contribution in [0.1, 0.15) is 39.9 Å². The number of rotatable bonds is 3. The number of piperidine rings is 1. The van der Waals surface area contributed by atoms with Crippen LogP contribution in [0, 0.1) is 12.7 Å². The van der Waals surface area contributed by atoms with Crippen molar-refractivity contribution >= 4 is 23.2 Å². The van der Waals surface area contributed by atoms with Crippen molar-refractivity contribution < 1.29 is 9.18 Å². The molecule has 3 aromatic carbocycles. The zero-order valence-corrected chi connectivity index (χ0v) is 18.9. The molecule has 0 aromatic heterocycles. The van der Waals surface area contributed by atoms with Gasteiger partial charge in [-0.25, -0.2) is 4.39 Å². The molecule has 2 aliphatic heterocycles. The van der Waals surface area contributed by atoms with Crippen molar-refractivity contribution in [1.29, 1.82) is 0 Å². The molecule has 5 heteroatoms. The number of nitrogens with zero attached hydrogens (tertiary/aromatic N) is 2. The van der Waals surface area contributed by atoms with Crippen LogP contribution in [0.3, 0.4) is 0 Å². The summed E-state index contributed by atoms with van der Waals surface area (Å²) in [5.74, 6) is -0.259. The normalized spacial score (nSPS) is 17.5. The van der Waals surface area contributed by atoms with Gasteiger partial charge in [0.25, 0.3) is 5.91 Å². The van der Waals surface area contributed by atoms with Crippen LogP contribution in [0.15, 0.2) is 66.7 Å². The Morgan fingerprint density at radius 2 is 1.78 bits per heavy atom. The zero-order chi connectivity index (χ0) is 22.3. The Morgan fingerprint density at radius 3 is 2.50 bits per heavy atom. The quantitative estimate of drug-likeness (QED) is 0.492. The molecule has 32 heavy (non-hydrogen) atoms. The monoisotopic (exact) mass is 448 g/mol. The molecule has 0 saturated carbocycles. The minimum absolute atomic E-state index is 0.0175. The third kappa shape index (κ3) is 3.94. The first-order chi connectivity index (χ1) is 15.4. The van der Waals surface area contributed by atoms with E-state index in [1.165, 1.54) is 11.6 Å². The van der Waals surface area contributed by atoms with Crippen LogP contribution in [0.4, 0.5) is 10.1 Å². The highest BCUT2D eigenvalue weighted by Crippen LogP contribution is 2.47. The van der Waals surface area contributed by atoms with Crippen LogP contribution in [0.5, 0.6) is 0 Å². The Hall–Kier alpha value is -2.69. The highest BCUT2D eigenvalue weighted by Gasteiger charge is 2.46. The van der Waals surface area contributed by atoms with E-state index >= 15 is 0 Å². The van der Waals surface area contributed by atoms with Gasteiger partial charge in [-0.15, -0.1) is 0 Å². The number of aryl methyl sites for hydroxylation is 1. The van der Waals surface area contributed by atoms with E-state index in [2.05, 4.69) is 11.0 Å². The molecule has 1 fully saturated rings. The average molecular weight is 449 g/mol. The van der Waals surface area contributed by atoms with Crippen LogP contribution < -0.4 is 4.90 Å². The minimum atomic E-state index is -0.242.